The number of rotatable bonds is 6. The number of hydrogen-bond donors (Lipinski definition) is 0. The lowest BCUT2D eigenvalue weighted by Crippen LogP contribution is -2.12. The highest BCUT2D eigenvalue weighted by atomic mass is 32.2. The van der Waals surface area contributed by atoms with E-state index in [0.717, 1.165) is 14.2 Å². The molecular formula is C10H12N2O2S3. The lowest BCUT2D eigenvalue weighted by molar-refractivity contribution is 0.0813. The van der Waals surface area contributed by atoms with Crippen LogP contribution in [0.5, 0.6) is 0 Å². The first-order chi connectivity index (χ1) is 8.33. The van der Waals surface area contributed by atoms with E-state index in [1.807, 2.05) is 17.5 Å². The van der Waals surface area contributed by atoms with Crippen molar-refractivity contribution in [3.8, 4) is 9.88 Å². The van der Waals surface area contributed by atoms with Crippen LogP contribution in [0.25, 0.3) is 9.88 Å². The molecular weight excluding hydrogens is 276 g/mol. The van der Waals surface area contributed by atoms with Crippen LogP contribution in [0, 0.1) is 0 Å². The summed E-state index contributed by atoms with van der Waals surface area (Å²) < 4.78 is 11.2. The summed E-state index contributed by atoms with van der Waals surface area (Å²) in [7, 11) is 3.32. The lowest BCUT2D eigenvalue weighted by Gasteiger charge is -2.10. The normalized spacial score (nSPS) is 12.8. The maximum absolute atomic E-state index is 5.27. The van der Waals surface area contributed by atoms with E-state index in [9.17, 15) is 0 Å². The third-order valence-electron chi connectivity index (χ3n) is 1.94. The van der Waals surface area contributed by atoms with Crippen LogP contribution in [0.15, 0.2) is 21.9 Å². The molecule has 0 aliphatic rings. The maximum atomic E-state index is 5.27. The van der Waals surface area contributed by atoms with E-state index in [1.165, 1.54) is 11.8 Å². The Morgan fingerprint density at radius 1 is 1.41 bits per heavy atom. The summed E-state index contributed by atoms with van der Waals surface area (Å²) in [6, 6.07) is 4.06. The van der Waals surface area contributed by atoms with Gasteiger partial charge in [0.05, 0.1) is 11.5 Å². The van der Waals surface area contributed by atoms with Gasteiger partial charge < -0.3 is 9.47 Å². The Hall–Kier alpha value is -0.470. The van der Waals surface area contributed by atoms with E-state index in [1.54, 1.807) is 36.9 Å². The summed E-state index contributed by atoms with van der Waals surface area (Å²) in [5.74, 6) is 0. The molecule has 1 unspecified atom stereocenters. The summed E-state index contributed by atoms with van der Waals surface area (Å²) in [5.41, 5.74) is -0.0378. The average Bonchev–Trinajstić information content (AvgIpc) is 2.98. The minimum atomic E-state index is -0.0378. The van der Waals surface area contributed by atoms with Crippen molar-refractivity contribution in [1.82, 2.24) is 10.2 Å². The number of aromatic nitrogens is 2. The van der Waals surface area contributed by atoms with Gasteiger partial charge in [0.15, 0.2) is 9.35 Å². The lowest BCUT2D eigenvalue weighted by atomic mass is 10.5. The fraction of sp³-hybridized carbons (Fsp3) is 0.400. The fourth-order valence-electron chi connectivity index (χ4n) is 1.16. The first-order valence-corrected chi connectivity index (χ1v) is 7.47. The Morgan fingerprint density at radius 2 is 2.29 bits per heavy atom. The summed E-state index contributed by atoms with van der Waals surface area (Å²) in [4.78, 5) is 1.15. The molecule has 0 radical (unpaired) electrons. The van der Waals surface area contributed by atoms with Gasteiger partial charge in [0.25, 0.3) is 0 Å². The molecule has 4 nitrogen and oxygen atoms in total. The van der Waals surface area contributed by atoms with Gasteiger partial charge in [0.2, 0.25) is 0 Å². The summed E-state index contributed by atoms with van der Waals surface area (Å²) in [6.45, 7) is 0.537. The molecule has 0 N–H and O–H groups in total. The molecule has 0 aliphatic heterocycles. The van der Waals surface area contributed by atoms with E-state index in [4.69, 9.17) is 9.47 Å². The van der Waals surface area contributed by atoms with E-state index in [-0.39, 0.29) is 5.44 Å². The highest BCUT2D eigenvalue weighted by Crippen LogP contribution is 2.33. The van der Waals surface area contributed by atoms with Gasteiger partial charge in [-0.15, -0.1) is 21.5 Å². The predicted octanol–water partition coefficient (Wildman–Crippen LogP) is 2.98. The van der Waals surface area contributed by atoms with Crippen molar-refractivity contribution in [2.24, 2.45) is 0 Å². The Morgan fingerprint density at radius 3 is 2.94 bits per heavy atom. The molecule has 2 aromatic heterocycles. The summed E-state index contributed by atoms with van der Waals surface area (Å²) >= 11 is 4.78. The van der Waals surface area contributed by atoms with Gasteiger partial charge in [-0.1, -0.05) is 29.2 Å². The molecule has 0 aromatic carbocycles. The minimum Gasteiger partial charge on any atom is -0.381 e. The van der Waals surface area contributed by atoms with Crippen LogP contribution >= 0.6 is 34.4 Å². The zero-order valence-corrected chi connectivity index (χ0v) is 11.9. The van der Waals surface area contributed by atoms with Crippen LogP contribution < -0.4 is 0 Å². The topological polar surface area (TPSA) is 44.2 Å². The van der Waals surface area contributed by atoms with Gasteiger partial charge in [-0.25, -0.2) is 0 Å². The second kappa shape index (κ2) is 6.46. The van der Waals surface area contributed by atoms with Crippen LogP contribution in [0.1, 0.15) is 0 Å². The molecule has 7 heteroatoms. The zero-order chi connectivity index (χ0) is 12.1. The molecule has 2 aromatic rings. The Bertz CT molecular complexity index is 444. The largest absolute Gasteiger partial charge is 0.381 e. The Labute approximate surface area is 112 Å². The van der Waals surface area contributed by atoms with Crippen molar-refractivity contribution in [2.75, 3.05) is 20.8 Å². The summed E-state index contributed by atoms with van der Waals surface area (Å²) in [6.07, 6.45) is 0. The Balaban J connectivity index is 2.03. The molecule has 2 heterocycles. The van der Waals surface area contributed by atoms with E-state index in [0.29, 0.717) is 6.61 Å². The van der Waals surface area contributed by atoms with Crippen molar-refractivity contribution in [2.45, 2.75) is 9.78 Å². The van der Waals surface area contributed by atoms with Crippen molar-refractivity contribution >= 4 is 34.4 Å². The molecule has 2 rings (SSSR count). The second-order valence-corrected chi connectivity index (χ2v) is 6.42. The van der Waals surface area contributed by atoms with Crippen LogP contribution in [0.2, 0.25) is 0 Å². The number of hydrogen-bond acceptors (Lipinski definition) is 7. The predicted molar refractivity (Wildman–Crippen MR) is 71.8 cm³/mol. The Kier molecular flexibility index (Phi) is 4.93. The van der Waals surface area contributed by atoms with E-state index < -0.39 is 0 Å². The van der Waals surface area contributed by atoms with Crippen molar-refractivity contribution in [3.05, 3.63) is 17.5 Å². The van der Waals surface area contributed by atoms with E-state index >= 15 is 0 Å². The van der Waals surface area contributed by atoms with Crippen molar-refractivity contribution < 1.29 is 9.47 Å². The first-order valence-electron chi connectivity index (χ1n) is 4.89. The monoisotopic (exact) mass is 288 g/mol. The molecule has 0 spiro atoms. The quantitative estimate of drug-likeness (QED) is 0.604. The second-order valence-electron chi connectivity index (χ2n) is 3.09. The zero-order valence-electron chi connectivity index (χ0n) is 9.45. The highest BCUT2D eigenvalue weighted by molar-refractivity contribution is 8.01. The van der Waals surface area contributed by atoms with Gasteiger partial charge in [-0.3, -0.25) is 0 Å². The molecule has 0 saturated heterocycles. The van der Waals surface area contributed by atoms with Gasteiger partial charge in [-0.05, 0) is 11.4 Å². The van der Waals surface area contributed by atoms with Gasteiger partial charge in [0.1, 0.15) is 5.44 Å². The smallest absolute Gasteiger partial charge is 0.177 e. The number of methoxy groups -OCH3 is 2. The summed E-state index contributed by atoms with van der Waals surface area (Å²) in [5, 5.41) is 11.3. The third-order valence-corrected chi connectivity index (χ3v) is 5.11. The number of thiophene rings is 1. The molecule has 0 saturated carbocycles. The molecule has 0 fully saturated rings. The van der Waals surface area contributed by atoms with Crippen LogP contribution in [-0.4, -0.2) is 36.5 Å². The van der Waals surface area contributed by atoms with Gasteiger partial charge in [-0.2, -0.15) is 0 Å². The van der Waals surface area contributed by atoms with E-state index in [2.05, 4.69) is 10.2 Å². The number of thioether (sulfide) groups is 1. The average molecular weight is 288 g/mol. The molecule has 0 amide bonds. The number of ether oxygens (including phenoxy) is 2. The van der Waals surface area contributed by atoms with Gasteiger partial charge in [0, 0.05) is 14.2 Å². The van der Waals surface area contributed by atoms with Gasteiger partial charge >= 0.3 is 0 Å². The molecule has 0 aliphatic carbocycles. The minimum absolute atomic E-state index is 0.0378. The molecule has 92 valence electrons. The molecule has 17 heavy (non-hydrogen) atoms. The fourth-order valence-corrected chi connectivity index (χ4v) is 3.89. The van der Waals surface area contributed by atoms with Crippen molar-refractivity contribution in [1.29, 1.82) is 0 Å². The first kappa shape index (κ1) is 13.0. The van der Waals surface area contributed by atoms with Crippen LogP contribution in [0.4, 0.5) is 0 Å². The number of nitrogens with zero attached hydrogens (tertiary/aromatic N) is 2. The SMILES string of the molecule is COCC(OC)Sc1nnc(-c2cccs2)s1. The van der Waals surface area contributed by atoms with Crippen molar-refractivity contribution in [3.63, 3.8) is 0 Å². The molecule has 1 atom stereocenters. The molecule has 0 bridgehead atoms. The van der Waals surface area contributed by atoms with Crippen LogP contribution in [0.3, 0.4) is 0 Å². The third kappa shape index (κ3) is 3.49. The van der Waals surface area contributed by atoms with Crippen LogP contribution in [-0.2, 0) is 9.47 Å². The standard InChI is InChI=1S/C10H12N2O2S3/c1-13-6-8(14-2)16-10-12-11-9(17-10)7-4-3-5-15-7/h3-5,8H,6H2,1-2H3. The highest BCUT2D eigenvalue weighted by Gasteiger charge is 2.14. The maximum Gasteiger partial charge on any atom is 0.177 e.